The van der Waals surface area contributed by atoms with Crippen molar-refractivity contribution in [2.24, 2.45) is 0 Å². The number of fused-ring (bicyclic) bond motifs is 13. The Labute approximate surface area is 323 Å². The maximum Gasteiger partial charge on any atom is 0.167 e. The largest absolute Gasteiger partial charge is 0.455 e. The van der Waals surface area contributed by atoms with Gasteiger partial charge in [0, 0.05) is 21.9 Å². The second-order valence-corrected chi connectivity index (χ2v) is 14.6. The van der Waals surface area contributed by atoms with Crippen molar-refractivity contribution < 1.29 is 4.42 Å². The van der Waals surface area contributed by atoms with Crippen LogP contribution in [-0.2, 0) is 5.41 Å². The summed E-state index contributed by atoms with van der Waals surface area (Å²) in [5.41, 5.74) is 16.4. The number of benzene rings is 8. The molecule has 2 heterocycles. The first-order valence-electron chi connectivity index (χ1n) is 19.0. The average Bonchev–Trinajstić information content (AvgIpc) is 3.91. The van der Waals surface area contributed by atoms with E-state index >= 15 is 0 Å². The standard InChI is InChI=1S/C52H31N3O/c1-2-15-32(16-3-1)49-53-50(55-51(54-49)42-24-14-23-40-39-21-9-13-28-47(39)56-48(40)42)41-22-5-4-17-34(41)33-29-30-38-37-20-8-12-27-45(37)52(46(38)31-33)43-25-10-6-18-35(43)36-19-7-11-26-44(36)52/h1-31H. The highest BCUT2D eigenvalue weighted by Gasteiger charge is 2.51. The molecule has 10 aromatic rings. The van der Waals surface area contributed by atoms with Crippen molar-refractivity contribution in [2.45, 2.75) is 5.41 Å². The molecule has 0 radical (unpaired) electrons. The Bertz CT molecular complexity index is 3150. The zero-order chi connectivity index (χ0) is 36.8. The molecular weight excluding hydrogens is 683 g/mol. The third-order valence-electron chi connectivity index (χ3n) is 11.8. The lowest BCUT2D eigenvalue weighted by Gasteiger charge is -2.30. The second-order valence-electron chi connectivity index (χ2n) is 14.6. The zero-order valence-electron chi connectivity index (χ0n) is 30.1. The van der Waals surface area contributed by atoms with Gasteiger partial charge in [0.15, 0.2) is 17.5 Å². The molecule has 0 fully saturated rings. The molecule has 1 spiro atoms. The molecule has 2 aromatic heterocycles. The normalized spacial score (nSPS) is 13.1. The number of hydrogen-bond donors (Lipinski definition) is 0. The summed E-state index contributed by atoms with van der Waals surface area (Å²) in [4.78, 5) is 15.6. The van der Waals surface area contributed by atoms with E-state index in [1.807, 2.05) is 54.6 Å². The Morgan fingerprint density at radius 1 is 0.321 bits per heavy atom. The number of nitrogens with zero attached hydrogens (tertiary/aromatic N) is 3. The first-order chi connectivity index (χ1) is 27.8. The minimum absolute atomic E-state index is 0.434. The van der Waals surface area contributed by atoms with E-state index in [0.717, 1.165) is 49.8 Å². The molecule has 8 aromatic carbocycles. The molecule has 0 saturated heterocycles. The minimum atomic E-state index is -0.434. The molecule has 0 saturated carbocycles. The van der Waals surface area contributed by atoms with Gasteiger partial charge in [-0.2, -0.15) is 0 Å². The Balaban J connectivity index is 1.09. The van der Waals surface area contributed by atoms with E-state index in [9.17, 15) is 0 Å². The van der Waals surface area contributed by atoms with Crippen LogP contribution in [0.4, 0.5) is 0 Å². The Morgan fingerprint density at radius 2 is 0.821 bits per heavy atom. The van der Waals surface area contributed by atoms with Crippen molar-refractivity contribution in [2.75, 3.05) is 0 Å². The molecule has 0 bridgehead atoms. The fraction of sp³-hybridized carbons (Fsp3) is 0.0192. The van der Waals surface area contributed by atoms with Crippen LogP contribution >= 0.6 is 0 Å². The molecule has 0 atom stereocenters. The molecule has 4 nitrogen and oxygen atoms in total. The molecule has 4 heteroatoms. The van der Waals surface area contributed by atoms with Gasteiger partial charge in [0.25, 0.3) is 0 Å². The summed E-state index contributed by atoms with van der Waals surface area (Å²) in [7, 11) is 0. The summed E-state index contributed by atoms with van der Waals surface area (Å²) in [5.74, 6) is 1.78. The second kappa shape index (κ2) is 11.8. The van der Waals surface area contributed by atoms with Crippen LogP contribution in [0.1, 0.15) is 22.3 Å². The number of rotatable bonds is 4. The quantitative estimate of drug-likeness (QED) is 0.182. The summed E-state index contributed by atoms with van der Waals surface area (Å²) in [5, 5.41) is 2.10. The summed E-state index contributed by atoms with van der Waals surface area (Å²) < 4.78 is 6.49. The van der Waals surface area contributed by atoms with Gasteiger partial charge < -0.3 is 4.42 Å². The third-order valence-corrected chi connectivity index (χ3v) is 11.8. The molecule has 0 aliphatic heterocycles. The lowest BCUT2D eigenvalue weighted by Crippen LogP contribution is -2.25. The van der Waals surface area contributed by atoms with Gasteiger partial charge in [-0.15, -0.1) is 0 Å². The number of aromatic nitrogens is 3. The van der Waals surface area contributed by atoms with Gasteiger partial charge in [-0.05, 0) is 73.8 Å². The molecule has 2 aliphatic rings. The van der Waals surface area contributed by atoms with Crippen LogP contribution in [0.15, 0.2) is 192 Å². The smallest absolute Gasteiger partial charge is 0.167 e. The molecule has 0 amide bonds. The fourth-order valence-electron chi connectivity index (χ4n) is 9.45. The Kier molecular flexibility index (Phi) is 6.52. The van der Waals surface area contributed by atoms with Crippen molar-refractivity contribution >= 4 is 21.9 Å². The van der Waals surface area contributed by atoms with Gasteiger partial charge in [-0.25, -0.2) is 15.0 Å². The maximum absolute atomic E-state index is 6.49. The topological polar surface area (TPSA) is 51.8 Å². The highest BCUT2D eigenvalue weighted by atomic mass is 16.3. The van der Waals surface area contributed by atoms with E-state index in [0.29, 0.717) is 17.5 Å². The number of hydrogen-bond acceptors (Lipinski definition) is 4. The minimum Gasteiger partial charge on any atom is -0.455 e. The highest BCUT2D eigenvalue weighted by molar-refractivity contribution is 6.09. The SMILES string of the molecule is c1ccc(-c2nc(-c3ccccc3-c3ccc4c(c3)C3(c5ccccc5-c5ccccc53)c3ccccc3-4)nc(-c3cccc4c3oc3ccccc34)n2)cc1. The van der Waals surface area contributed by atoms with Gasteiger partial charge in [0.1, 0.15) is 11.2 Å². The van der Waals surface area contributed by atoms with Crippen LogP contribution < -0.4 is 0 Å². The summed E-state index contributed by atoms with van der Waals surface area (Å²) >= 11 is 0. The molecular formula is C52H31N3O. The fourth-order valence-corrected chi connectivity index (χ4v) is 9.45. The van der Waals surface area contributed by atoms with E-state index in [2.05, 4.69) is 133 Å². The van der Waals surface area contributed by atoms with Gasteiger partial charge in [-0.1, -0.05) is 170 Å². The van der Waals surface area contributed by atoms with Crippen LogP contribution in [0.25, 0.3) is 89.5 Å². The number of furan rings is 1. The van der Waals surface area contributed by atoms with Crippen molar-refractivity contribution in [1.82, 2.24) is 15.0 Å². The summed E-state index contributed by atoms with van der Waals surface area (Å²) in [6.45, 7) is 0. The van der Waals surface area contributed by atoms with Crippen molar-refractivity contribution in [3.63, 3.8) is 0 Å². The first kappa shape index (κ1) is 31.0. The lowest BCUT2D eigenvalue weighted by atomic mass is 9.70. The maximum atomic E-state index is 6.49. The van der Waals surface area contributed by atoms with E-state index in [1.54, 1.807) is 0 Å². The van der Waals surface area contributed by atoms with Gasteiger partial charge in [0.05, 0.1) is 11.0 Å². The zero-order valence-corrected chi connectivity index (χ0v) is 30.1. The van der Waals surface area contributed by atoms with Crippen LogP contribution in [-0.4, -0.2) is 15.0 Å². The average molecular weight is 714 g/mol. The molecule has 12 rings (SSSR count). The molecule has 56 heavy (non-hydrogen) atoms. The van der Waals surface area contributed by atoms with E-state index < -0.39 is 5.41 Å². The van der Waals surface area contributed by atoms with Crippen molar-refractivity contribution in [3.8, 4) is 67.5 Å². The van der Waals surface area contributed by atoms with Crippen molar-refractivity contribution in [1.29, 1.82) is 0 Å². The predicted molar refractivity (Wildman–Crippen MR) is 225 cm³/mol. The highest BCUT2D eigenvalue weighted by Crippen LogP contribution is 2.63. The summed E-state index contributed by atoms with van der Waals surface area (Å²) in [6, 6.07) is 66.8. The molecule has 260 valence electrons. The first-order valence-corrected chi connectivity index (χ1v) is 19.0. The third kappa shape index (κ3) is 4.27. The molecule has 2 aliphatic carbocycles. The van der Waals surface area contributed by atoms with E-state index in [1.165, 1.54) is 44.5 Å². The predicted octanol–water partition coefficient (Wildman–Crippen LogP) is 12.8. The summed E-state index contributed by atoms with van der Waals surface area (Å²) in [6.07, 6.45) is 0. The molecule has 0 N–H and O–H groups in total. The van der Waals surface area contributed by atoms with Gasteiger partial charge in [-0.3, -0.25) is 0 Å². The van der Waals surface area contributed by atoms with Crippen LogP contribution in [0.2, 0.25) is 0 Å². The van der Waals surface area contributed by atoms with Crippen LogP contribution in [0, 0.1) is 0 Å². The van der Waals surface area contributed by atoms with Crippen molar-refractivity contribution in [3.05, 3.63) is 210 Å². The Morgan fingerprint density at radius 3 is 1.52 bits per heavy atom. The Hall–Kier alpha value is -7.43. The number of para-hydroxylation sites is 2. The van der Waals surface area contributed by atoms with Gasteiger partial charge in [0.2, 0.25) is 0 Å². The monoisotopic (exact) mass is 713 g/mol. The van der Waals surface area contributed by atoms with Gasteiger partial charge >= 0.3 is 0 Å². The lowest BCUT2D eigenvalue weighted by molar-refractivity contribution is 0.669. The van der Waals surface area contributed by atoms with Crippen LogP contribution in [0.5, 0.6) is 0 Å². The van der Waals surface area contributed by atoms with Crippen LogP contribution in [0.3, 0.4) is 0 Å². The van der Waals surface area contributed by atoms with E-state index in [4.69, 9.17) is 19.4 Å². The molecule has 0 unspecified atom stereocenters. The van der Waals surface area contributed by atoms with E-state index in [-0.39, 0.29) is 0 Å².